The van der Waals surface area contributed by atoms with Gasteiger partial charge in [-0.3, -0.25) is 0 Å². The summed E-state index contributed by atoms with van der Waals surface area (Å²) >= 11 is 0. The lowest BCUT2D eigenvalue weighted by Crippen LogP contribution is -1.86. The molecule has 0 spiro atoms. The van der Waals surface area contributed by atoms with E-state index in [0.717, 1.165) is 18.4 Å². The molecular formula is C10H14O2. The Morgan fingerprint density at radius 2 is 1.67 bits per heavy atom. The molecule has 0 radical (unpaired) electrons. The number of hydrogen-bond acceptors (Lipinski definition) is 2. The summed E-state index contributed by atoms with van der Waals surface area (Å²) in [5.41, 5.74) is 1.54. The van der Waals surface area contributed by atoms with Crippen molar-refractivity contribution in [1.29, 1.82) is 0 Å². The zero-order valence-electron chi connectivity index (χ0n) is 7.46. The first-order valence-electron chi connectivity index (χ1n) is 4.16. The minimum absolute atomic E-state index is 0.203. The molecule has 1 aromatic rings. The third kappa shape index (κ3) is 1.70. The molecule has 0 aliphatic rings. The van der Waals surface area contributed by atoms with Gasteiger partial charge in [0.1, 0.15) is 11.5 Å². The van der Waals surface area contributed by atoms with Crippen LogP contribution in [0.4, 0.5) is 0 Å². The van der Waals surface area contributed by atoms with Crippen molar-refractivity contribution < 1.29 is 10.2 Å². The fourth-order valence-electron chi connectivity index (χ4n) is 1.28. The average molecular weight is 166 g/mol. The first-order valence-corrected chi connectivity index (χ1v) is 4.16. The minimum Gasteiger partial charge on any atom is -0.508 e. The third-order valence-electron chi connectivity index (χ3n) is 1.85. The van der Waals surface area contributed by atoms with Crippen molar-refractivity contribution in [3.63, 3.8) is 0 Å². The lowest BCUT2D eigenvalue weighted by atomic mass is 10.1. The fourth-order valence-corrected chi connectivity index (χ4v) is 1.28. The first kappa shape index (κ1) is 8.91. The molecule has 0 unspecified atom stereocenters. The molecule has 0 saturated heterocycles. The van der Waals surface area contributed by atoms with Crippen molar-refractivity contribution in [2.75, 3.05) is 0 Å². The number of aryl methyl sites for hydroxylation is 1. The smallest absolute Gasteiger partial charge is 0.122 e. The molecule has 0 heterocycles. The summed E-state index contributed by atoms with van der Waals surface area (Å²) in [5, 5.41) is 18.9. The van der Waals surface area contributed by atoms with Gasteiger partial charge in [-0.25, -0.2) is 0 Å². The summed E-state index contributed by atoms with van der Waals surface area (Å²) in [4.78, 5) is 0. The van der Waals surface area contributed by atoms with Crippen molar-refractivity contribution in [1.82, 2.24) is 0 Å². The zero-order valence-corrected chi connectivity index (χ0v) is 7.46. The molecule has 1 rings (SSSR count). The molecule has 0 aliphatic carbocycles. The van der Waals surface area contributed by atoms with E-state index in [1.165, 1.54) is 0 Å². The monoisotopic (exact) mass is 166 g/mol. The molecule has 2 N–H and O–H groups in total. The van der Waals surface area contributed by atoms with Crippen molar-refractivity contribution in [2.24, 2.45) is 0 Å². The molecule has 0 atom stereocenters. The van der Waals surface area contributed by atoms with Crippen LogP contribution in [0.2, 0.25) is 0 Å². The second-order valence-corrected chi connectivity index (χ2v) is 3.03. The van der Waals surface area contributed by atoms with E-state index in [1.807, 2.05) is 13.8 Å². The Bertz CT molecular complexity index is 256. The Kier molecular flexibility index (Phi) is 2.58. The lowest BCUT2D eigenvalue weighted by Gasteiger charge is -2.06. The van der Waals surface area contributed by atoms with E-state index in [2.05, 4.69) is 0 Å². The normalized spacial score (nSPS) is 10.2. The first-order chi connectivity index (χ1) is 5.65. The second-order valence-electron chi connectivity index (χ2n) is 3.03. The van der Waals surface area contributed by atoms with Crippen molar-refractivity contribution in [3.05, 3.63) is 23.3 Å². The lowest BCUT2D eigenvalue weighted by molar-refractivity contribution is 0.437. The van der Waals surface area contributed by atoms with Gasteiger partial charge in [0.15, 0.2) is 0 Å². The molecule has 12 heavy (non-hydrogen) atoms. The third-order valence-corrected chi connectivity index (χ3v) is 1.85. The molecule has 1 aromatic carbocycles. The van der Waals surface area contributed by atoms with Crippen molar-refractivity contribution in [2.45, 2.75) is 26.7 Å². The number of benzene rings is 1. The number of aromatic hydroxyl groups is 2. The van der Waals surface area contributed by atoms with Gasteiger partial charge in [0.05, 0.1) is 0 Å². The predicted octanol–water partition coefficient (Wildman–Crippen LogP) is 2.36. The van der Waals surface area contributed by atoms with Gasteiger partial charge in [-0.2, -0.15) is 0 Å². The van der Waals surface area contributed by atoms with Gasteiger partial charge in [0.2, 0.25) is 0 Å². The summed E-state index contributed by atoms with van der Waals surface area (Å²) in [6.45, 7) is 3.86. The Balaban J connectivity index is 3.10. The van der Waals surface area contributed by atoms with E-state index in [4.69, 9.17) is 0 Å². The molecule has 0 fully saturated rings. The summed E-state index contributed by atoms with van der Waals surface area (Å²) in [5.74, 6) is 0.406. The van der Waals surface area contributed by atoms with Gasteiger partial charge in [-0.1, -0.05) is 13.3 Å². The fraction of sp³-hybridized carbons (Fsp3) is 0.400. The van der Waals surface area contributed by atoms with Gasteiger partial charge in [-0.15, -0.1) is 0 Å². The molecule has 0 aliphatic heterocycles. The maximum atomic E-state index is 9.44. The molecular weight excluding hydrogens is 152 g/mol. The number of rotatable bonds is 2. The van der Waals surface area contributed by atoms with Crippen LogP contribution in [0.5, 0.6) is 11.5 Å². The van der Waals surface area contributed by atoms with Crippen LogP contribution in [0.25, 0.3) is 0 Å². The predicted molar refractivity (Wildman–Crippen MR) is 48.5 cm³/mol. The molecule has 0 aromatic heterocycles. The minimum atomic E-state index is 0.203. The van der Waals surface area contributed by atoms with Crippen LogP contribution in [-0.4, -0.2) is 10.2 Å². The van der Waals surface area contributed by atoms with E-state index >= 15 is 0 Å². The summed E-state index contributed by atoms with van der Waals surface area (Å²) < 4.78 is 0. The molecule has 0 amide bonds. The Morgan fingerprint density at radius 1 is 1.17 bits per heavy atom. The van der Waals surface area contributed by atoms with Crippen LogP contribution in [0, 0.1) is 6.92 Å². The summed E-state index contributed by atoms with van der Waals surface area (Å²) in [6.07, 6.45) is 1.64. The SMILES string of the molecule is CCCc1c(O)cc(C)cc1O. The van der Waals surface area contributed by atoms with Crippen LogP contribution in [0.15, 0.2) is 12.1 Å². The number of phenolic OH excluding ortho intramolecular Hbond substituents is 2. The highest BCUT2D eigenvalue weighted by Crippen LogP contribution is 2.29. The van der Waals surface area contributed by atoms with Gasteiger partial charge < -0.3 is 10.2 Å². The van der Waals surface area contributed by atoms with Gasteiger partial charge in [-0.05, 0) is 31.0 Å². The van der Waals surface area contributed by atoms with E-state index in [1.54, 1.807) is 12.1 Å². The second kappa shape index (κ2) is 3.48. The number of phenols is 2. The molecule has 0 bridgehead atoms. The Hall–Kier alpha value is -1.18. The number of hydrogen-bond donors (Lipinski definition) is 2. The zero-order chi connectivity index (χ0) is 9.14. The van der Waals surface area contributed by atoms with Crippen LogP contribution in [0.1, 0.15) is 24.5 Å². The van der Waals surface area contributed by atoms with Gasteiger partial charge in [0.25, 0.3) is 0 Å². The Morgan fingerprint density at radius 3 is 2.08 bits per heavy atom. The Labute approximate surface area is 72.5 Å². The quantitative estimate of drug-likeness (QED) is 0.708. The average Bonchev–Trinajstić information content (AvgIpc) is 1.96. The van der Waals surface area contributed by atoms with Crippen LogP contribution in [0.3, 0.4) is 0 Å². The highest BCUT2D eigenvalue weighted by Gasteiger charge is 2.06. The maximum Gasteiger partial charge on any atom is 0.122 e. The van der Waals surface area contributed by atoms with E-state index < -0.39 is 0 Å². The largest absolute Gasteiger partial charge is 0.508 e. The molecule has 0 saturated carbocycles. The standard InChI is InChI=1S/C10H14O2/c1-3-4-8-9(11)5-7(2)6-10(8)12/h5-6,11-12H,3-4H2,1-2H3. The maximum absolute atomic E-state index is 9.44. The highest BCUT2D eigenvalue weighted by atomic mass is 16.3. The van der Waals surface area contributed by atoms with E-state index in [-0.39, 0.29) is 11.5 Å². The topological polar surface area (TPSA) is 40.5 Å². The van der Waals surface area contributed by atoms with E-state index in [9.17, 15) is 10.2 Å². The van der Waals surface area contributed by atoms with E-state index in [0.29, 0.717) is 5.56 Å². The molecule has 2 heteroatoms. The van der Waals surface area contributed by atoms with Gasteiger partial charge in [0, 0.05) is 5.56 Å². The van der Waals surface area contributed by atoms with Crippen LogP contribution < -0.4 is 0 Å². The van der Waals surface area contributed by atoms with Crippen LogP contribution in [-0.2, 0) is 6.42 Å². The van der Waals surface area contributed by atoms with Crippen molar-refractivity contribution in [3.8, 4) is 11.5 Å². The molecule has 66 valence electrons. The summed E-state index contributed by atoms with van der Waals surface area (Å²) in [6, 6.07) is 3.34. The molecule has 2 nitrogen and oxygen atoms in total. The van der Waals surface area contributed by atoms with Crippen molar-refractivity contribution >= 4 is 0 Å². The highest BCUT2D eigenvalue weighted by molar-refractivity contribution is 5.46. The van der Waals surface area contributed by atoms with Gasteiger partial charge >= 0.3 is 0 Å². The summed E-state index contributed by atoms with van der Waals surface area (Å²) in [7, 11) is 0. The van der Waals surface area contributed by atoms with Crippen LogP contribution >= 0.6 is 0 Å².